The third-order valence-electron chi connectivity index (χ3n) is 3.63. The summed E-state index contributed by atoms with van der Waals surface area (Å²) in [6.45, 7) is 1.14. The van der Waals surface area contributed by atoms with Crippen molar-refractivity contribution in [2.75, 3.05) is 13.7 Å². The molecule has 1 saturated heterocycles. The molecule has 0 spiro atoms. The number of ether oxygens (including phenoxy) is 1. The summed E-state index contributed by atoms with van der Waals surface area (Å²) in [6, 6.07) is 8.60. The van der Waals surface area contributed by atoms with Gasteiger partial charge in [0, 0.05) is 12.5 Å². The van der Waals surface area contributed by atoms with Gasteiger partial charge >= 0.3 is 0 Å². The molecule has 2 aromatic rings. The summed E-state index contributed by atoms with van der Waals surface area (Å²) >= 11 is 0. The summed E-state index contributed by atoms with van der Waals surface area (Å²) in [5.41, 5.74) is 2.20. The molecule has 3 rings (SSSR count). The van der Waals surface area contributed by atoms with Crippen molar-refractivity contribution in [2.45, 2.75) is 25.3 Å². The average molecular weight is 257 g/mol. The molecule has 1 aromatic carbocycles. The summed E-state index contributed by atoms with van der Waals surface area (Å²) in [4.78, 5) is 7.87. The fourth-order valence-corrected chi connectivity index (χ4v) is 2.55. The maximum absolute atomic E-state index is 5.16. The number of methoxy groups -OCH3 is 1. The molecule has 2 N–H and O–H groups in total. The first-order chi connectivity index (χ1) is 9.35. The van der Waals surface area contributed by atoms with Crippen LogP contribution in [0.25, 0.3) is 11.3 Å². The standard InChI is InChI=1S/C15H19N3O/c1-19-13-6-4-11(5-7-13)14-10-17-15(18-14)9-12-3-2-8-16-12/h4-7,10,12,16H,2-3,8-9H2,1H3,(H,17,18). The summed E-state index contributed by atoms with van der Waals surface area (Å²) in [6.07, 6.45) is 5.41. The number of hydrogen-bond donors (Lipinski definition) is 2. The van der Waals surface area contributed by atoms with E-state index in [2.05, 4.69) is 15.3 Å². The highest BCUT2D eigenvalue weighted by atomic mass is 16.5. The van der Waals surface area contributed by atoms with Crippen LogP contribution in [0.2, 0.25) is 0 Å². The van der Waals surface area contributed by atoms with E-state index in [9.17, 15) is 0 Å². The second-order valence-corrected chi connectivity index (χ2v) is 4.97. The Morgan fingerprint density at radius 2 is 2.16 bits per heavy atom. The van der Waals surface area contributed by atoms with Crippen molar-refractivity contribution in [3.05, 3.63) is 36.3 Å². The van der Waals surface area contributed by atoms with E-state index in [1.165, 1.54) is 12.8 Å². The zero-order chi connectivity index (χ0) is 13.1. The highest BCUT2D eigenvalue weighted by Gasteiger charge is 2.16. The van der Waals surface area contributed by atoms with Crippen LogP contribution in [0.4, 0.5) is 0 Å². The monoisotopic (exact) mass is 257 g/mol. The van der Waals surface area contributed by atoms with E-state index in [1.807, 2.05) is 30.5 Å². The number of aromatic amines is 1. The summed E-state index contributed by atoms with van der Waals surface area (Å²) in [7, 11) is 1.68. The summed E-state index contributed by atoms with van der Waals surface area (Å²) in [5, 5.41) is 3.49. The second-order valence-electron chi connectivity index (χ2n) is 4.97. The first-order valence-corrected chi connectivity index (χ1v) is 6.77. The molecule has 0 saturated carbocycles. The van der Waals surface area contributed by atoms with Gasteiger partial charge in [-0.1, -0.05) is 0 Å². The molecule has 100 valence electrons. The molecule has 1 aliphatic rings. The van der Waals surface area contributed by atoms with Crippen LogP contribution in [-0.2, 0) is 6.42 Å². The molecule has 0 aliphatic carbocycles. The first-order valence-electron chi connectivity index (χ1n) is 6.77. The van der Waals surface area contributed by atoms with Crippen molar-refractivity contribution < 1.29 is 4.74 Å². The Morgan fingerprint density at radius 1 is 1.32 bits per heavy atom. The van der Waals surface area contributed by atoms with Gasteiger partial charge in [-0.15, -0.1) is 0 Å². The van der Waals surface area contributed by atoms with E-state index in [-0.39, 0.29) is 0 Å². The lowest BCUT2D eigenvalue weighted by Gasteiger charge is -2.06. The third kappa shape index (κ3) is 2.79. The third-order valence-corrected chi connectivity index (χ3v) is 3.63. The van der Waals surface area contributed by atoms with Crippen LogP contribution in [0.3, 0.4) is 0 Å². The highest BCUT2D eigenvalue weighted by molar-refractivity contribution is 5.59. The van der Waals surface area contributed by atoms with Gasteiger partial charge in [-0.3, -0.25) is 0 Å². The van der Waals surface area contributed by atoms with Crippen LogP contribution in [0.5, 0.6) is 5.75 Å². The van der Waals surface area contributed by atoms with Crippen LogP contribution in [-0.4, -0.2) is 29.7 Å². The number of H-pyrrole nitrogens is 1. The number of benzene rings is 1. The molecule has 1 fully saturated rings. The molecular weight excluding hydrogens is 238 g/mol. The van der Waals surface area contributed by atoms with Gasteiger partial charge in [0.1, 0.15) is 11.6 Å². The first kappa shape index (κ1) is 12.2. The van der Waals surface area contributed by atoms with Gasteiger partial charge < -0.3 is 15.0 Å². The van der Waals surface area contributed by atoms with Crippen molar-refractivity contribution >= 4 is 0 Å². The van der Waals surface area contributed by atoms with Crippen LogP contribution < -0.4 is 10.1 Å². The molecule has 19 heavy (non-hydrogen) atoms. The van der Waals surface area contributed by atoms with Crippen molar-refractivity contribution in [3.63, 3.8) is 0 Å². The van der Waals surface area contributed by atoms with Gasteiger partial charge in [0.2, 0.25) is 0 Å². The van der Waals surface area contributed by atoms with Crippen LogP contribution in [0.15, 0.2) is 30.5 Å². The van der Waals surface area contributed by atoms with Gasteiger partial charge in [0.25, 0.3) is 0 Å². The molecule has 4 nitrogen and oxygen atoms in total. The minimum Gasteiger partial charge on any atom is -0.497 e. The van der Waals surface area contributed by atoms with E-state index in [1.54, 1.807) is 7.11 Å². The molecule has 1 unspecified atom stereocenters. The number of nitrogens with one attached hydrogen (secondary N) is 2. The largest absolute Gasteiger partial charge is 0.497 e. The maximum atomic E-state index is 5.16. The number of nitrogens with zero attached hydrogens (tertiary/aromatic N) is 1. The average Bonchev–Trinajstić information content (AvgIpc) is 3.11. The van der Waals surface area contributed by atoms with Crippen LogP contribution in [0.1, 0.15) is 18.7 Å². The molecule has 0 radical (unpaired) electrons. The van der Waals surface area contributed by atoms with Gasteiger partial charge in [-0.05, 0) is 49.2 Å². The minimum absolute atomic E-state index is 0.579. The van der Waals surface area contributed by atoms with Crippen LogP contribution >= 0.6 is 0 Å². The van der Waals surface area contributed by atoms with E-state index >= 15 is 0 Å². The quantitative estimate of drug-likeness (QED) is 0.884. The van der Waals surface area contributed by atoms with Crippen molar-refractivity contribution in [1.82, 2.24) is 15.3 Å². The zero-order valence-electron chi connectivity index (χ0n) is 11.1. The Morgan fingerprint density at radius 3 is 2.84 bits per heavy atom. The molecule has 0 amide bonds. The number of hydrogen-bond acceptors (Lipinski definition) is 3. The molecule has 2 heterocycles. The SMILES string of the molecule is COc1ccc(-c2cnc(CC3CCCN3)[nH]2)cc1. The van der Waals surface area contributed by atoms with Gasteiger partial charge in [0.05, 0.1) is 19.0 Å². The van der Waals surface area contributed by atoms with Crippen molar-refractivity contribution in [2.24, 2.45) is 0 Å². The predicted octanol–water partition coefficient (Wildman–Crippen LogP) is 2.38. The van der Waals surface area contributed by atoms with Crippen LogP contribution in [0, 0.1) is 0 Å². The predicted molar refractivity (Wildman–Crippen MR) is 75.3 cm³/mol. The Hall–Kier alpha value is -1.81. The normalized spacial score (nSPS) is 18.7. The van der Waals surface area contributed by atoms with Crippen molar-refractivity contribution in [3.8, 4) is 17.0 Å². The fourth-order valence-electron chi connectivity index (χ4n) is 2.55. The zero-order valence-corrected chi connectivity index (χ0v) is 11.1. The minimum atomic E-state index is 0.579. The second kappa shape index (κ2) is 5.45. The summed E-state index contributed by atoms with van der Waals surface area (Å²) in [5.74, 6) is 1.93. The Labute approximate surface area is 113 Å². The summed E-state index contributed by atoms with van der Waals surface area (Å²) < 4.78 is 5.16. The topological polar surface area (TPSA) is 49.9 Å². The Balaban J connectivity index is 1.72. The Bertz CT molecular complexity index is 527. The van der Waals surface area contributed by atoms with E-state index in [0.717, 1.165) is 35.8 Å². The lowest BCUT2D eigenvalue weighted by molar-refractivity contribution is 0.415. The van der Waals surface area contributed by atoms with E-state index < -0.39 is 0 Å². The lowest BCUT2D eigenvalue weighted by Crippen LogP contribution is -2.24. The van der Waals surface area contributed by atoms with Gasteiger partial charge in [0.15, 0.2) is 0 Å². The van der Waals surface area contributed by atoms with E-state index in [0.29, 0.717) is 6.04 Å². The fraction of sp³-hybridized carbons (Fsp3) is 0.400. The molecule has 1 atom stereocenters. The number of aromatic nitrogens is 2. The van der Waals surface area contributed by atoms with Crippen molar-refractivity contribution in [1.29, 1.82) is 0 Å². The Kier molecular flexibility index (Phi) is 3.51. The molecule has 4 heteroatoms. The highest BCUT2D eigenvalue weighted by Crippen LogP contribution is 2.21. The smallest absolute Gasteiger partial charge is 0.118 e. The molecule has 0 bridgehead atoms. The number of rotatable bonds is 4. The van der Waals surface area contributed by atoms with Gasteiger partial charge in [-0.2, -0.15) is 0 Å². The van der Waals surface area contributed by atoms with Gasteiger partial charge in [-0.25, -0.2) is 4.98 Å². The maximum Gasteiger partial charge on any atom is 0.118 e. The van der Waals surface area contributed by atoms with E-state index in [4.69, 9.17) is 4.74 Å². The number of imidazole rings is 1. The lowest BCUT2D eigenvalue weighted by atomic mass is 10.1. The molecule has 1 aliphatic heterocycles. The molecule has 1 aromatic heterocycles. The molecular formula is C15H19N3O.